The third kappa shape index (κ3) is 3.68. The van der Waals surface area contributed by atoms with Crippen LogP contribution in [0.4, 0.5) is 4.39 Å². The van der Waals surface area contributed by atoms with Gasteiger partial charge in [0, 0.05) is 12.1 Å². The van der Waals surface area contributed by atoms with Crippen LogP contribution in [0.5, 0.6) is 0 Å². The maximum absolute atomic E-state index is 13.3. The molecule has 0 spiro atoms. The Kier molecular flexibility index (Phi) is 4.95. The number of hydrogen-bond donors (Lipinski definition) is 1. The largest absolute Gasteiger partial charge is 0.304 e. The minimum atomic E-state index is -0.229. The lowest BCUT2D eigenvalue weighted by Gasteiger charge is -2.21. The first-order valence-electron chi connectivity index (χ1n) is 6.75. The molecule has 0 aliphatic carbocycles. The maximum atomic E-state index is 13.3. The molecule has 0 amide bonds. The second kappa shape index (κ2) is 6.51. The molecule has 0 aliphatic rings. The molecule has 0 saturated heterocycles. The van der Waals surface area contributed by atoms with Gasteiger partial charge in [0.1, 0.15) is 5.82 Å². The molecule has 1 nitrogen and oxygen atoms in total. The summed E-state index contributed by atoms with van der Waals surface area (Å²) in [5.74, 6) is -0.229. The van der Waals surface area contributed by atoms with Gasteiger partial charge in [-0.05, 0) is 60.0 Å². The molecule has 0 aromatic heterocycles. The van der Waals surface area contributed by atoms with E-state index >= 15 is 0 Å². The highest BCUT2D eigenvalue weighted by atomic mass is 79.9. The summed E-state index contributed by atoms with van der Waals surface area (Å²) < 4.78 is 13.8. The summed E-state index contributed by atoms with van der Waals surface area (Å²) in [5.41, 5.74) is 3.58. The van der Waals surface area contributed by atoms with Crippen molar-refractivity contribution in [2.24, 2.45) is 0 Å². The van der Waals surface area contributed by atoms with Crippen molar-refractivity contribution in [2.45, 2.75) is 32.9 Å². The third-order valence-electron chi connectivity index (χ3n) is 3.52. The molecule has 20 heavy (non-hydrogen) atoms. The fraction of sp³-hybridized carbons (Fsp3) is 0.294. The normalized spacial score (nSPS) is 14.1. The van der Waals surface area contributed by atoms with Gasteiger partial charge in [-0.1, -0.05) is 35.9 Å². The molecule has 2 aromatic rings. The van der Waals surface area contributed by atoms with E-state index in [1.165, 1.54) is 17.2 Å². The fourth-order valence-electron chi connectivity index (χ4n) is 2.20. The smallest absolute Gasteiger partial charge is 0.137 e. The predicted molar refractivity (Wildman–Crippen MR) is 85.2 cm³/mol. The van der Waals surface area contributed by atoms with E-state index in [-0.39, 0.29) is 17.9 Å². The maximum Gasteiger partial charge on any atom is 0.137 e. The van der Waals surface area contributed by atoms with Crippen molar-refractivity contribution in [3.8, 4) is 0 Å². The molecule has 2 atom stereocenters. The molecule has 0 heterocycles. The topological polar surface area (TPSA) is 12.0 Å². The average molecular weight is 336 g/mol. The van der Waals surface area contributed by atoms with Crippen LogP contribution in [-0.4, -0.2) is 0 Å². The minimum Gasteiger partial charge on any atom is -0.304 e. The quantitative estimate of drug-likeness (QED) is 0.798. The molecule has 0 radical (unpaired) electrons. The average Bonchev–Trinajstić information content (AvgIpc) is 2.42. The summed E-state index contributed by atoms with van der Waals surface area (Å²) in [5, 5.41) is 3.54. The molecule has 0 bridgehead atoms. The van der Waals surface area contributed by atoms with Crippen LogP contribution >= 0.6 is 15.9 Å². The van der Waals surface area contributed by atoms with Crippen molar-refractivity contribution in [3.05, 3.63) is 69.4 Å². The first kappa shape index (κ1) is 15.2. The monoisotopic (exact) mass is 335 g/mol. The zero-order chi connectivity index (χ0) is 14.7. The van der Waals surface area contributed by atoms with Crippen molar-refractivity contribution >= 4 is 15.9 Å². The summed E-state index contributed by atoms with van der Waals surface area (Å²) in [6, 6.07) is 14.1. The van der Waals surface area contributed by atoms with E-state index in [0.717, 1.165) is 5.56 Å². The van der Waals surface area contributed by atoms with Gasteiger partial charge in [0.15, 0.2) is 0 Å². The Morgan fingerprint density at radius 1 is 0.950 bits per heavy atom. The molecule has 1 N–H and O–H groups in total. The number of benzene rings is 2. The van der Waals surface area contributed by atoms with Crippen LogP contribution in [0.15, 0.2) is 46.9 Å². The fourth-order valence-corrected chi connectivity index (χ4v) is 2.60. The highest BCUT2D eigenvalue weighted by molar-refractivity contribution is 9.10. The van der Waals surface area contributed by atoms with Crippen LogP contribution in [-0.2, 0) is 0 Å². The first-order valence-corrected chi connectivity index (χ1v) is 7.54. The SMILES string of the molecule is Cc1ccc(C(C)NC(C)c2ccc(F)c(Br)c2)cc1. The van der Waals surface area contributed by atoms with Crippen molar-refractivity contribution in [3.63, 3.8) is 0 Å². The Morgan fingerprint density at radius 3 is 2.10 bits per heavy atom. The predicted octanol–water partition coefficient (Wildman–Crippen LogP) is 5.31. The summed E-state index contributed by atoms with van der Waals surface area (Å²) >= 11 is 3.23. The number of hydrogen-bond acceptors (Lipinski definition) is 1. The van der Waals surface area contributed by atoms with Gasteiger partial charge in [-0.2, -0.15) is 0 Å². The van der Waals surface area contributed by atoms with Crippen LogP contribution in [0, 0.1) is 12.7 Å². The van der Waals surface area contributed by atoms with Crippen molar-refractivity contribution in [2.75, 3.05) is 0 Å². The van der Waals surface area contributed by atoms with E-state index in [1.807, 2.05) is 12.1 Å². The van der Waals surface area contributed by atoms with E-state index in [2.05, 4.69) is 66.3 Å². The second-order valence-corrected chi connectivity index (χ2v) is 6.05. The van der Waals surface area contributed by atoms with Crippen molar-refractivity contribution in [1.82, 2.24) is 5.32 Å². The molecule has 0 aliphatic heterocycles. The Labute approximate surface area is 128 Å². The van der Waals surface area contributed by atoms with Crippen LogP contribution < -0.4 is 5.32 Å². The van der Waals surface area contributed by atoms with Crippen molar-refractivity contribution in [1.29, 1.82) is 0 Å². The minimum absolute atomic E-state index is 0.156. The second-order valence-electron chi connectivity index (χ2n) is 5.19. The molecule has 2 unspecified atom stereocenters. The van der Waals surface area contributed by atoms with Gasteiger partial charge in [0.25, 0.3) is 0 Å². The Morgan fingerprint density at radius 2 is 1.50 bits per heavy atom. The van der Waals surface area contributed by atoms with Gasteiger partial charge in [-0.25, -0.2) is 4.39 Å². The van der Waals surface area contributed by atoms with Gasteiger partial charge in [0.2, 0.25) is 0 Å². The molecule has 106 valence electrons. The van der Waals surface area contributed by atoms with E-state index in [9.17, 15) is 4.39 Å². The Hall–Kier alpha value is -1.19. The molecule has 0 saturated carbocycles. The lowest BCUT2D eigenvalue weighted by Crippen LogP contribution is -2.22. The van der Waals surface area contributed by atoms with Crippen molar-refractivity contribution < 1.29 is 4.39 Å². The lowest BCUT2D eigenvalue weighted by atomic mass is 10.0. The van der Waals surface area contributed by atoms with E-state index in [1.54, 1.807) is 0 Å². The number of aryl methyl sites for hydroxylation is 1. The summed E-state index contributed by atoms with van der Waals surface area (Å²) in [4.78, 5) is 0. The third-order valence-corrected chi connectivity index (χ3v) is 4.13. The molecule has 2 aromatic carbocycles. The number of halogens is 2. The van der Waals surface area contributed by atoms with Gasteiger partial charge in [0.05, 0.1) is 4.47 Å². The number of rotatable bonds is 4. The number of nitrogens with one attached hydrogen (secondary N) is 1. The molecule has 3 heteroatoms. The molecular weight excluding hydrogens is 317 g/mol. The lowest BCUT2D eigenvalue weighted by molar-refractivity contribution is 0.493. The zero-order valence-corrected chi connectivity index (χ0v) is 13.5. The van der Waals surface area contributed by atoms with Crippen LogP contribution in [0.2, 0.25) is 0 Å². The van der Waals surface area contributed by atoms with Crippen LogP contribution in [0.1, 0.15) is 42.6 Å². The van der Waals surface area contributed by atoms with Crippen LogP contribution in [0.25, 0.3) is 0 Å². The van der Waals surface area contributed by atoms with Gasteiger partial charge in [-0.3, -0.25) is 0 Å². The highest BCUT2D eigenvalue weighted by Gasteiger charge is 2.12. The standard InChI is InChI=1S/C17H19BrFN/c1-11-4-6-14(7-5-11)12(2)20-13(3)15-8-9-17(19)16(18)10-15/h4-10,12-13,20H,1-3H3. The van der Waals surface area contributed by atoms with Crippen LogP contribution in [0.3, 0.4) is 0 Å². The highest BCUT2D eigenvalue weighted by Crippen LogP contribution is 2.24. The first-order chi connectivity index (χ1) is 9.47. The Balaban J connectivity index is 2.08. The molecule has 2 rings (SSSR count). The zero-order valence-electron chi connectivity index (χ0n) is 12.0. The van der Waals surface area contributed by atoms with Gasteiger partial charge in [-0.15, -0.1) is 0 Å². The summed E-state index contributed by atoms with van der Waals surface area (Å²) in [7, 11) is 0. The van der Waals surface area contributed by atoms with Gasteiger partial charge >= 0.3 is 0 Å². The van der Waals surface area contributed by atoms with E-state index in [4.69, 9.17) is 0 Å². The van der Waals surface area contributed by atoms with E-state index < -0.39 is 0 Å². The van der Waals surface area contributed by atoms with E-state index in [0.29, 0.717) is 4.47 Å². The Bertz CT molecular complexity index is 580. The summed E-state index contributed by atoms with van der Waals surface area (Å²) in [6.07, 6.45) is 0. The van der Waals surface area contributed by atoms with Gasteiger partial charge < -0.3 is 5.32 Å². The molecule has 0 fully saturated rings. The summed E-state index contributed by atoms with van der Waals surface area (Å²) in [6.45, 7) is 6.31. The molecular formula is C17H19BrFN.